The first-order valence-corrected chi connectivity index (χ1v) is 7.75. The summed E-state index contributed by atoms with van der Waals surface area (Å²) in [6, 6.07) is 13.9. The van der Waals surface area contributed by atoms with Crippen LogP contribution in [0.2, 0.25) is 0 Å². The van der Waals surface area contributed by atoms with E-state index in [1.165, 1.54) is 5.56 Å². The first kappa shape index (κ1) is 20.2. The number of nitrogens with zero attached hydrogens (tertiary/aromatic N) is 2. The Labute approximate surface area is 161 Å². The maximum absolute atomic E-state index is 5.90. The number of ether oxygens (including phenoxy) is 1. The topological polar surface area (TPSA) is 58.5 Å². The van der Waals surface area contributed by atoms with E-state index in [-0.39, 0.29) is 30.1 Å². The third kappa shape index (κ3) is 7.16. The zero-order valence-corrected chi connectivity index (χ0v) is 16.7. The molecule has 0 amide bonds. The monoisotopic (exact) mass is 440 g/mol. The number of hydrogen-bond donors (Lipinski definition) is 2. The van der Waals surface area contributed by atoms with Crippen LogP contribution in [0.4, 0.5) is 0 Å². The molecule has 2 N–H and O–H groups in total. The number of nitrogens with one attached hydrogen (secondary N) is 2. The molecular formula is C18H25IN4O. The summed E-state index contributed by atoms with van der Waals surface area (Å²) in [4.78, 5) is 8.48. The summed E-state index contributed by atoms with van der Waals surface area (Å²) >= 11 is 0. The van der Waals surface area contributed by atoms with Crippen molar-refractivity contribution in [3.05, 3.63) is 59.9 Å². The molecule has 0 spiro atoms. The van der Waals surface area contributed by atoms with Gasteiger partial charge in [0, 0.05) is 13.2 Å². The van der Waals surface area contributed by atoms with Gasteiger partial charge in [0.15, 0.2) is 5.96 Å². The van der Waals surface area contributed by atoms with E-state index in [0.717, 1.165) is 17.4 Å². The molecule has 130 valence electrons. The van der Waals surface area contributed by atoms with Gasteiger partial charge in [0.25, 0.3) is 0 Å². The van der Waals surface area contributed by atoms with E-state index < -0.39 is 0 Å². The summed E-state index contributed by atoms with van der Waals surface area (Å²) in [6.45, 7) is 5.38. The van der Waals surface area contributed by atoms with Crippen LogP contribution in [0.1, 0.15) is 18.2 Å². The second-order valence-electron chi connectivity index (χ2n) is 5.37. The van der Waals surface area contributed by atoms with Gasteiger partial charge >= 0.3 is 0 Å². The van der Waals surface area contributed by atoms with Gasteiger partial charge in [-0.2, -0.15) is 0 Å². The highest BCUT2D eigenvalue weighted by Gasteiger charge is 2.06. The minimum Gasteiger partial charge on any atom is -0.489 e. The summed E-state index contributed by atoms with van der Waals surface area (Å²) in [5.41, 5.74) is 2.16. The van der Waals surface area contributed by atoms with Crippen LogP contribution in [0.15, 0.2) is 53.7 Å². The van der Waals surface area contributed by atoms with Gasteiger partial charge in [-0.15, -0.1) is 24.0 Å². The number of hydrogen-bond acceptors (Lipinski definition) is 3. The van der Waals surface area contributed by atoms with Crippen molar-refractivity contribution >= 4 is 29.9 Å². The summed E-state index contributed by atoms with van der Waals surface area (Å²) in [7, 11) is 1.75. The number of aliphatic imine (C=N–C) groups is 1. The van der Waals surface area contributed by atoms with Crippen molar-refractivity contribution in [1.82, 2.24) is 15.6 Å². The van der Waals surface area contributed by atoms with Gasteiger partial charge in [-0.3, -0.25) is 9.98 Å². The third-order valence-corrected chi connectivity index (χ3v) is 3.27. The first-order valence-electron chi connectivity index (χ1n) is 7.75. The van der Waals surface area contributed by atoms with Crippen molar-refractivity contribution < 1.29 is 4.74 Å². The molecule has 0 radical (unpaired) electrons. The van der Waals surface area contributed by atoms with Gasteiger partial charge in [-0.1, -0.05) is 18.2 Å². The number of benzene rings is 1. The van der Waals surface area contributed by atoms with Crippen LogP contribution >= 0.6 is 24.0 Å². The van der Waals surface area contributed by atoms with Crippen LogP contribution < -0.4 is 15.4 Å². The molecule has 2 aromatic rings. The van der Waals surface area contributed by atoms with Crippen molar-refractivity contribution in [3.8, 4) is 5.75 Å². The molecule has 0 saturated carbocycles. The lowest BCUT2D eigenvalue weighted by molar-refractivity contribution is 0.223. The number of aromatic nitrogens is 1. The molecule has 0 saturated heterocycles. The average molecular weight is 440 g/mol. The molecule has 1 aromatic heterocycles. The lowest BCUT2D eigenvalue weighted by Crippen LogP contribution is -2.41. The quantitative estimate of drug-likeness (QED) is 0.412. The minimum absolute atomic E-state index is 0. The Bertz CT molecular complexity index is 634. The highest BCUT2D eigenvalue weighted by molar-refractivity contribution is 14.0. The van der Waals surface area contributed by atoms with E-state index in [4.69, 9.17) is 4.74 Å². The number of pyridine rings is 1. The Morgan fingerprint density at radius 3 is 2.71 bits per heavy atom. The normalized spacial score (nSPS) is 12.0. The van der Waals surface area contributed by atoms with Crippen LogP contribution in [0, 0.1) is 6.92 Å². The fourth-order valence-corrected chi connectivity index (χ4v) is 2.10. The van der Waals surface area contributed by atoms with E-state index in [2.05, 4.69) is 33.6 Å². The van der Waals surface area contributed by atoms with Gasteiger partial charge in [-0.25, -0.2) is 0 Å². The van der Waals surface area contributed by atoms with Gasteiger partial charge in [0.2, 0.25) is 0 Å². The first-order chi connectivity index (χ1) is 11.2. The summed E-state index contributed by atoms with van der Waals surface area (Å²) in [5, 5.41) is 6.50. The molecule has 6 heteroatoms. The molecule has 0 aliphatic rings. The highest BCUT2D eigenvalue weighted by Crippen LogP contribution is 2.13. The molecule has 0 bridgehead atoms. The maximum Gasteiger partial charge on any atom is 0.191 e. The fraction of sp³-hybridized carbons (Fsp3) is 0.333. The Balaban J connectivity index is 0.00000288. The van der Waals surface area contributed by atoms with Crippen molar-refractivity contribution in [1.29, 1.82) is 0 Å². The van der Waals surface area contributed by atoms with Gasteiger partial charge in [0.1, 0.15) is 11.9 Å². The molecule has 0 fully saturated rings. The maximum atomic E-state index is 5.90. The minimum atomic E-state index is 0. The lowest BCUT2D eigenvalue weighted by atomic mass is 10.2. The Morgan fingerprint density at radius 2 is 2.04 bits per heavy atom. The van der Waals surface area contributed by atoms with Gasteiger partial charge in [-0.05, 0) is 43.7 Å². The molecule has 1 aromatic carbocycles. The van der Waals surface area contributed by atoms with E-state index >= 15 is 0 Å². The number of aryl methyl sites for hydroxylation is 1. The number of rotatable bonds is 6. The standard InChI is InChI=1S/C18H24N4O.HI/c1-14-7-6-9-17(11-14)23-15(2)12-21-18(19-3)22-13-16-8-4-5-10-20-16;/h4-11,15H,12-13H2,1-3H3,(H2,19,21,22);1H. The van der Waals surface area contributed by atoms with Gasteiger partial charge < -0.3 is 15.4 Å². The molecule has 1 unspecified atom stereocenters. The second kappa shape index (κ2) is 10.9. The molecule has 0 aliphatic heterocycles. The Kier molecular flexibility index (Phi) is 9.14. The third-order valence-electron chi connectivity index (χ3n) is 3.27. The predicted octanol–water partition coefficient (Wildman–Crippen LogP) is 3.14. The van der Waals surface area contributed by atoms with Crippen molar-refractivity contribution in [2.45, 2.75) is 26.5 Å². The zero-order chi connectivity index (χ0) is 16.5. The van der Waals surface area contributed by atoms with Crippen molar-refractivity contribution in [3.63, 3.8) is 0 Å². The van der Waals surface area contributed by atoms with Crippen molar-refractivity contribution in [2.24, 2.45) is 4.99 Å². The molecule has 1 atom stereocenters. The largest absolute Gasteiger partial charge is 0.489 e. The summed E-state index contributed by atoms with van der Waals surface area (Å²) in [5.74, 6) is 1.62. The van der Waals surface area contributed by atoms with Crippen molar-refractivity contribution in [2.75, 3.05) is 13.6 Å². The SMILES string of the molecule is CN=C(NCc1ccccn1)NCC(C)Oc1cccc(C)c1.I. The second-order valence-corrected chi connectivity index (χ2v) is 5.37. The molecule has 2 rings (SSSR count). The van der Waals surface area contributed by atoms with Crippen LogP contribution in [-0.4, -0.2) is 30.6 Å². The predicted molar refractivity (Wildman–Crippen MR) is 109 cm³/mol. The average Bonchev–Trinajstić information content (AvgIpc) is 2.56. The van der Waals surface area contributed by atoms with Gasteiger partial charge in [0.05, 0.1) is 18.8 Å². The number of halogens is 1. The van der Waals surface area contributed by atoms with E-state index in [0.29, 0.717) is 13.1 Å². The summed E-state index contributed by atoms with van der Waals surface area (Å²) < 4.78 is 5.90. The Morgan fingerprint density at radius 1 is 1.21 bits per heavy atom. The van der Waals surface area contributed by atoms with Crippen LogP contribution in [0.25, 0.3) is 0 Å². The molecular weight excluding hydrogens is 415 g/mol. The molecule has 5 nitrogen and oxygen atoms in total. The van der Waals surface area contributed by atoms with E-state index in [1.54, 1.807) is 13.2 Å². The highest BCUT2D eigenvalue weighted by atomic mass is 127. The molecule has 24 heavy (non-hydrogen) atoms. The Hall–Kier alpha value is -1.83. The lowest BCUT2D eigenvalue weighted by Gasteiger charge is -2.18. The smallest absolute Gasteiger partial charge is 0.191 e. The number of guanidine groups is 1. The van der Waals surface area contributed by atoms with Crippen LogP contribution in [-0.2, 0) is 6.54 Å². The van der Waals surface area contributed by atoms with E-state index in [9.17, 15) is 0 Å². The molecule has 1 heterocycles. The molecule has 0 aliphatic carbocycles. The van der Waals surface area contributed by atoms with E-state index in [1.807, 2.05) is 43.3 Å². The summed E-state index contributed by atoms with van der Waals surface area (Å²) in [6.07, 6.45) is 1.82. The fourth-order valence-electron chi connectivity index (χ4n) is 2.10. The van der Waals surface area contributed by atoms with Crippen LogP contribution in [0.3, 0.4) is 0 Å². The zero-order valence-electron chi connectivity index (χ0n) is 14.3. The van der Waals surface area contributed by atoms with Crippen LogP contribution in [0.5, 0.6) is 5.75 Å².